The van der Waals surface area contributed by atoms with E-state index in [1.54, 1.807) is 0 Å². The lowest BCUT2D eigenvalue weighted by molar-refractivity contribution is -0.159. The first-order valence-electron chi connectivity index (χ1n) is 5.69. The van der Waals surface area contributed by atoms with Gasteiger partial charge in [0.05, 0.1) is 5.92 Å². The van der Waals surface area contributed by atoms with Crippen LogP contribution < -0.4 is 5.32 Å². The second kappa shape index (κ2) is 4.30. The fraction of sp³-hybridized carbons (Fsp3) is 0.909. The van der Waals surface area contributed by atoms with Gasteiger partial charge in [0.2, 0.25) is 0 Å². The van der Waals surface area contributed by atoms with Crippen LogP contribution in [0.2, 0.25) is 0 Å². The van der Waals surface area contributed by atoms with Gasteiger partial charge in [-0.3, -0.25) is 4.79 Å². The van der Waals surface area contributed by atoms with E-state index in [-0.39, 0.29) is 18.0 Å². The van der Waals surface area contributed by atoms with E-state index in [2.05, 4.69) is 12.2 Å². The SMILES string of the molecule is CC1CC(C(=O)OC2CCC2)CCN1. The lowest BCUT2D eigenvalue weighted by Gasteiger charge is -2.30. The molecule has 2 rings (SSSR count). The van der Waals surface area contributed by atoms with Crippen molar-refractivity contribution in [1.29, 1.82) is 0 Å². The Kier molecular flexibility index (Phi) is 3.06. The zero-order valence-corrected chi connectivity index (χ0v) is 8.79. The quantitative estimate of drug-likeness (QED) is 0.681. The van der Waals surface area contributed by atoms with Crippen LogP contribution in [0, 0.1) is 5.92 Å². The minimum atomic E-state index is 0.0445. The smallest absolute Gasteiger partial charge is 0.309 e. The number of ether oxygens (including phenoxy) is 1. The maximum Gasteiger partial charge on any atom is 0.309 e. The van der Waals surface area contributed by atoms with E-state index in [1.807, 2.05) is 0 Å². The Labute approximate surface area is 85.2 Å². The highest BCUT2D eigenvalue weighted by Crippen LogP contribution is 2.25. The van der Waals surface area contributed by atoms with Crippen molar-refractivity contribution in [3.8, 4) is 0 Å². The predicted molar refractivity (Wildman–Crippen MR) is 53.9 cm³/mol. The van der Waals surface area contributed by atoms with Crippen molar-refractivity contribution >= 4 is 5.97 Å². The van der Waals surface area contributed by atoms with Crippen LogP contribution in [0.5, 0.6) is 0 Å². The molecule has 2 unspecified atom stereocenters. The maximum absolute atomic E-state index is 11.7. The average molecular weight is 197 g/mol. The molecule has 14 heavy (non-hydrogen) atoms. The van der Waals surface area contributed by atoms with Crippen LogP contribution in [0.3, 0.4) is 0 Å². The van der Waals surface area contributed by atoms with Gasteiger partial charge in [-0.05, 0) is 45.6 Å². The molecule has 1 aliphatic heterocycles. The third kappa shape index (κ3) is 2.27. The van der Waals surface area contributed by atoms with Crippen LogP contribution in [0.25, 0.3) is 0 Å². The zero-order chi connectivity index (χ0) is 9.97. The van der Waals surface area contributed by atoms with Gasteiger partial charge >= 0.3 is 5.97 Å². The standard InChI is InChI=1S/C11H19NO2/c1-8-7-9(5-6-12-8)11(13)14-10-3-2-4-10/h8-10,12H,2-7H2,1H3. The van der Waals surface area contributed by atoms with Crippen molar-refractivity contribution in [1.82, 2.24) is 5.32 Å². The molecule has 1 heterocycles. The molecule has 1 aliphatic carbocycles. The first-order valence-corrected chi connectivity index (χ1v) is 5.69. The van der Waals surface area contributed by atoms with Crippen LogP contribution in [-0.2, 0) is 9.53 Å². The van der Waals surface area contributed by atoms with E-state index in [0.29, 0.717) is 6.04 Å². The van der Waals surface area contributed by atoms with Gasteiger partial charge in [0.15, 0.2) is 0 Å². The number of hydrogen-bond acceptors (Lipinski definition) is 3. The fourth-order valence-electron chi connectivity index (χ4n) is 2.10. The molecule has 1 saturated heterocycles. The summed E-state index contributed by atoms with van der Waals surface area (Å²) in [6, 6.07) is 0.461. The highest BCUT2D eigenvalue weighted by Gasteiger charge is 2.29. The topological polar surface area (TPSA) is 38.3 Å². The van der Waals surface area contributed by atoms with Crippen molar-refractivity contribution in [2.75, 3.05) is 6.54 Å². The summed E-state index contributed by atoms with van der Waals surface area (Å²) in [7, 11) is 0. The molecule has 1 saturated carbocycles. The Morgan fingerprint density at radius 3 is 2.71 bits per heavy atom. The number of esters is 1. The van der Waals surface area contributed by atoms with Crippen LogP contribution in [0.1, 0.15) is 39.0 Å². The summed E-state index contributed by atoms with van der Waals surface area (Å²) >= 11 is 0. The lowest BCUT2D eigenvalue weighted by Crippen LogP contribution is -2.40. The maximum atomic E-state index is 11.7. The molecule has 0 bridgehead atoms. The van der Waals surface area contributed by atoms with Crippen LogP contribution in [0.4, 0.5) is 0 Å². The molecule has 0 aromatic heterocycles. The van der Waals surface area contributed by atoms with Gasteiger partial charge < -0.3 is 10.1 Å². The van der Waals surface area contributed by atoms with Gasteiger partial charge in [-0.1, -0.05) is 0 Å². The summed E-state index contributed by atoms with van der Waals surface area (Å²) in [4.78, 5) is 11.7. The Morgan fingerprint density at radius 1 is 1.36 bits per heavy atom. The molecule has 1 N–H and O–H groups in total. The number of carbonyl (C=O) groups excluding carboxylic acids is 1. The van der Waals surface area contributed by atoms with E-state index < -0.39 is 0 Å². The number of carbonyl (C=O) groups is 1. The number of piperidine rings is 1. The van der Waals surface area contributed by atoms with Gasteiger partial charge in [0, 0.05) is 6.04 Å². The predicted octanol–water partition coefficient (Wildman–Crippen LogP) is 1.47. The normalized spacial score (nSPS) is 33.5. The summed E-state index contributed by atoms with van der Waals surface area (Å²) < 4.78 is 5.41. The van der Waals surface area contributed by atoms with Crippen molar-refractivity contribution in [3.05, 3.63) is 0 Å². The number of nitrogens with one attached hydrogen (secondary N) is 1. The largest absolute Gasteiger partial charge is 0.462 e. The van der Waals surface area contributed by atoms with Crippen molar-refractivity contribution in [3.63, 3.8) is 0 Å². The second-order valence-electron chi connectivity index (χ2n) is 4.57. The van der Waals surface area contributed by atoms with E-state index in [0.717, 1.165) is 32.2 Å². The monoisotopic (exact) mass is 197 g/mol. The van der Waals surface area contributed by atoms with Gasteiger partial charge in [-0.15, -0.1) is 0 Å². The molecule has 2 fully saturated rings. The van der Waals surface area contributed by atoms with Crippen molar-refractivity contribution in [2.45, 2.75) is 51.2 Å². The van der Waals surface area contributed by atoms with Crippen molar-refractivity contribution < 1.29 is 9.53 Å². The molecular weight excluding hydrogens is 178 g/mol. The van der Waals surface area contributed by atoms with E-state index >= 15 is 0 Å². The number of hydrogen-bond donors (Lipinski definition) is 1. The van der Waals surface area contributed by atoms with E-state index in [9.17, 15) is 4.79 Å². The first kappa shape index (κ1) is 9.97. The Hall–Kier alpha value is -0.570. The molecular formula is C11H19NO2. The summed E-state index contributed by atoms with van der Waals surface area (Å²) in [6.45, 7) is 3.08. The van der Waals surface area contributed by atoms with Crippen LogP contribution >= 0.6 is 0 Å². The van der Waals surface area contributed by atoms with Gasteiger partial charge in [-0.2, -0.15) is 0 Å². The Balaban J connectivity index is 1.77. The van der Waals surface area contributed by atoms with E-state index in [4.69, 9.17) is 4.74 Å². The van der Waals surface area contributed by atoms with Crippen LogP contribution in [0.15, 0.2) is 0 Å². The van der Waals surface area contributed by atoms with Gasteiger partial charge in [0.1, 0.15) is 6.10 Å². The molecule has 0 aromatic carbocycles. The number of rotatable bonds is 2. The molecule has 3 heteroatoms. The van der Waals surface area contributed by atoms with Gasteiger partial charge in [-0.25, -0.2) is 0 Å². The zero-order valence-electron chi connectivity index (χ0n) is 8.79. The molecule has 80 valence electrons. The Morgan fingerprint density at radius 2 is 2.14 bits per heavy atom. The minimum absolute atomic E-state index is 0.0445. The summed E-state index contributed by atoms with van der Waals surface area (Å²) in [5, 5.41) is 3.34. The fourth-order valence-corrected chi connectivity index (χ4v) is 2.10. The first-order chi connectivity index (χ1) is 6.75. The summed E-state index contributed by atoms with van der Waals surface area (Å²) in [5.41, 5.74) is 0. The molecule has 0 spiro atoms. The third-order valence-electron chi connectivity index (χ3n) is 3.29. The summed E-state index contributed by atoms with van der Waals surface area (Å²) in [6.07, 6.45) is 5.49. The summed E-state index contributed by atoms with van der Waals surface area (Å²) in [5.74, 6) is 0.190. The van der Waals surface area contributed by atoms with E-state index in [1.165, 1.54) is 6.42 Å². The van der Waals surface area contributed by atoms with Crippen LogP contribution in [-0.4, -0.2) is 24.7 Å². The molecule has 0 radical (unpaired) electrons. The highest BCUT2D eigenvalue weighted by atomic mass is 16.5. The second-order valence-corrected chi connectivity index (χ2v) is 4.57. The highest BCUT2D eigenvalue weighted by molar-refractivity contribution is 5.72. The minimum Gasteiger partial charge on any atom is -0.462 e. The molecule has 0 aromatic rings. The van der Waals surface area contributed by atoms with Crippen molar-refractivity contribution in [2.24, 2.45) is 5.92 Å². The molecule has 2 atom stereocenters. The molecule has 3 nitrogen and oxygen atoms in total. The average Bonchev–Trinajstić information content (AvgIpc) is 2.11. The third-order valence-corrected chi connectivity index (χ3v) is 3.29. The van der Waals surface area contributed by atoms with Gasteiger partial charge in [0.25, 0.3) is 0 Å². The molecule has 2 aliphatic rings. The lowest BCUT2D eigenvalue weighted by atomic mass is 9.92. The molecule has 0 amide bonds. The Bertz CT molecular complexity index is 213.